The summed E-state index contributed by atoms with van der Waals surface area (Å²) in [5.41, 5.74) is 5.47. The Bertz CT molecular complexity index is 1670. The van der Waals surface area contributed by atoms with Crippen LogP contribution in [0.15, 0.2) is 97.1 Å². The van der Waals surface area contributed by atoms with E-state index in [1.807, 2.05) is 12.1 Å². The molecule has 0 atom stereocenters. The molecule has 7 rings (SSSR count). The number of nitrogens with zero attached hydrogens (tertiary/aromatic N) is 4. The van der Waals surface area contributed by atoms with E-state index in [0.29, 0.717) is 11.1 Å². The van der Waals surface area contributed by atoms with E-state index in [4.69, 9.17) is 4.37 Å². The summed E-state index contributed by atoms with van der Waals surface area (Å²) < 4.78 is 5.98. The molecular weight excluding hydrogens is 516 g/mol. The summed E-state index contributed by atoms with van der Waals surface area (Å²) in [6.07, 6.45) is 0. The second kappa shape index (κ2) is 10.3. The van der Waals surface area contributed by atoms with E-state index in [2.05, 4.69) is 70.5 Å². The molecule has 3 heterocycles. The van der Waals surface area contributed by atoms with Crippen LogP contribution < -0.4 is 4.90 Å². The number of benzene rings is 4. The van der Waals surface area contributed by atoms with E-state index < -0.39 is 0 Å². The number of anilines is 1. The van der Waals surface area contributed by atoms with Crippen molar-refractivity contribution >= 4 is 39.3 Å². The minimum Gasteiger partial charge on any atom is -0.353 e. The summed E-state index contributed by atoms with van der Waals surface area (Å²) >= 11 is 1.58. The Labute approximate surface area is 237 Å². The van der Waals surface area contributed by atoms with E-state index in [9.17, 15) is 9.59 Å². The molecule has 1 fully saturated rings. The van der Waals surface area contributed by atoms with Crippen LogP contribution in [0.2, 0.25) is 0 Å². The molecule has 0 aliphatic carbocycles. The average Bonchev–Trinajstić information content (AvgIpc) is 3.54. The van der Waals surface area contributed by atoms with Gasteiger partial charge in [0.2, 0.25) is 0 Å². The van der Waals surface area contributed by atoms with Gasteiger partial charge in [-0.15, -0.1) is 0 Å². The lowest BCUT2D eigenvalue weighted by Crippen LogP contribution is -2.46. The van der Waals surface area contributed by atoms with Gasteiger partial charge in [-0.2, -0.15) is 4.37 Å². The van der Waals surface area contributed by atoms with Crippen molar-refractivity contribution in [2.75, 3.05) is 31.1 Å². The van der Waals surface area contributed by atoms with Gasteiger partial charge in [0.15, 0.2) is 0 Å². The van der Waals surface area contributed by atoms with Gasteiger partial charge >= 0.3 is 0 Å². The van der Waals surface area contributed by atoms with Crippen LogP contribution in [-0.4, -0.2) is 52.2 Å². The number of imide groups is 1. The average molecular weight is 545 g/mol. The lowest BCUT2D eigenvalue weighted by atomic mass is 10.0. The van der Waals surface area contributed by atoms with Crippen molar-refractivity contribution in [3.05, 3.63) is 119 Å². The molecule has 2 aliphatic heterocycles. The highest BCUT2D eigenvalue weighted by Gasteiger charge is 2.34. The van der Waals surface area contributed by atoms with Gasteiger partial charge in [-0.1, -0.05) is 72.8 Å². The van der Waals surface area contributed by atoms with Crippen LogP contribution in [0.3, 0.4) is 0 Å². The molecule has 198 valence electrons. The van der Waals surface area contributed by atoms with E-state index in [1.165, 1.54) is 20.5 Å². The maximum absolute atomic E-state index is 12.7. The predicted molar refractivity (Wildman–Crippen MR) is 160 cm³/mol. The third-order valence-corrected chi connectivity index (χ3v) is 8.71. The molecule has 7 heteroatoms. The summed E-state index contributed by atoms with van der Waals surface area (Å²) in [6, 6.07) is 32.4. The number of carbonyl (C=O) groups is 2. The Kier molecular flexibility index (Phi) is 6.38. The lowest BCUT2D eigenvalue weighted by Gasteiger charge is -2.35. The number of piperazine rings is 1. The second-order valence-corrected chi connectivity index (χ2v) is 11.2. The number of carbonyl (C=O) groups excluding carboxylic acids is 2. The molecule has 6 nitrogen and oxygen atoms in total. The normalized spacial score (nSPS) is 15.7. The van der Waals surface area contributed by atoms with Gasteiger partial charge in [0.1, 0.15) is 5.82 Å². The van der Waals surface area contributed by atoms with Gasteiger partial charge in [-0.3, -0.25) is 19.4 Å². The Morgan fingerprint density at radius 1 is 0.625 bits per heavy atom. The van der Waals surface area contributed by atoms with Crippen molar-refractivity contribution in [2.45, 2.75) is 13.1 Å². The van der Waals surface area contributed by atoms with E-state index >= 15 is 0 Å². The predicted octanol–water partition coefficient (Wildman–Crippen LogP) is 6.08. The molecule has 4 aromatic carbocycles. The Morgan fingerprint density at radius 2 is 1.18 bits per heavy atom. The SMILES string of the molecule is O=C1c2ccccc2C(=O)N1Cc1ccc(-c2ccc(CN3CCN(c4nsc5ccccc45)CC3)cc2)cc1. The first-order valence-corrected chi connectivity index (χ1v) is 14.4. The molecule has 0 spiro atoms. The molecule has 2 amide bonds. The zero-order valence-corrected chi connectivity index (χ0v) is 22.8. The number of hydrogen-bond acceptors (Lipinski definition) is 6. The lowest BCUT2D eigenvalue weighted by molar-refractivity contribution is 0.0642. The van der Waals surface area contributed by atoms with E-state index in [0.717, 1.165) is 55.2 Å². The number of fused-ring (bicyclic) bond motifs is 2. The zero-order valence-electron chi connectivity index (χ0n) is 22.0. The van der Waals surface area contributed by atoms with Crippen LogP contribution in [0.5, 0.6) is 0 Å². The fraction of sp³-hybridized carbons (Fsp3) is 0.182. The summed E-state index contributed by atoms with van der Waals surface area (Å²) in [4.78, 5) is 31.6. The first-order valence-electron chi connectivity index (χ1n) is 13.6. The van der Waals surface area contributed by atoms with Crippen molar-refractivity contribution in [3.8, 4) is 11.1 Å². The molecule has 0 saturated carbocycles. The summed E-state index contributed by atoms with van der Waals surface area (Å²) in [6.45, 7) is 5.21. The number of hydrogen-bond donors (Lipinski definition) is 0. The highest BCUT2D eigenvalue weighted by molar-refractivity contribution is 7.13. The van der Waals surface area contributed by atoms with Crippen molar-refractivity contribution in [1.82, 2.24) is 14.2 Å². The van der Waals surface area contributed by atoms with Gasteiger partial charge in [0.25, 0.3) is 11.8 Å². The highest BCUT2D eigenvalue weighted by atomic mass is 32.1. The van der Waals surface area contributed by atoms with Gasteiger partial charge in [0.05, 0.1) is 22.4 Å². The highest BCUT2D eigenvalue weighted by Crippen LogP contribution is 2.30. The van der Waals surface area contributed by atoms with Crippen LogP contribution in [0.4, 0.5) is 5.82 Å². The maximum atomic E-state index is 12.7. The molecule has 0 unspecified atom stereocenters. The van der Waals surface area contributed by atoms with Gasteiger partial charge in [0, 0.05) is 38.1 Å². The quantitative estimate of drug-likeness (QED) is 0.243. The van der Waals surface area contributed by atoms with Crippen molar-refractivity contribution in [1.29, 1.82) is 0 Å². The van der Waals surface area contributed by atoms with Crippen LogP contribution in [0, 0.1) is 0 Å². The molecule has 5 aromatic rings. The Balaban J connectivity index is 0.954. The largest absolute Gasteiger partial charge is 0.353 e. The minimum absolute atomic E-state index is 0.224. The van der Waals surface area contributed by atoms with Crippen LogP contribution >= 0.6 is 11.5 Å². The molecule has 2 aliphatic rings. The molecule has 0 N–H and O–H groups in total. The van der Waals surface area contributed by atoms with Crippen LogP contribution in [0.25, 0.3) is 21.2 Å². The standard InChI is InChI=1S/C33H28N4O2S/c38-32-27-5-1-2-6-28(27)33(39)37(32)22-24-11-15-26(16-12-24)25-13-9-23(10-14-25)21-35-17-19-36(20-18-35)31-29-7-3-4-8-30(29)40-34-31/h1-16H,17-22H2. The third kappa shape index (κ3) is 4.57. The van der Waals surface area contributed by atoms with Crippen LogP contribution in [0.1, 0.15) is 31.8 Å². The molecule has 1 saturated heterocycles. The second-order valence-electron chi connectivity index (χ2n) is 10.4. The van der Waals surface area contributed by atoms with E-state index in [1.54, 1.807) is 35.8 Å². The maximum Gasteiger partial charge on any atom is 0.261 e. The fourth-order valence-electron chi connectivity index (χ4n) is 5.65. The molecule has 0 bridgehead atoms. The Morgan fingerprint density at radius 3 is 1.80 bits per heavy atom. The van der Waals surface area contributed by atoms with Crippen LogP contribution in [-0.2, 0) is 13.1 Å². The summed E-state index contributed by atoms with van der Waals surface area (Å²) in [5, 5.41) is 1.26. The number of rotatable bonds is 6. The molecule has 0 radical (unpaired) electrons. The van der Waals surface area contributed by atoms with Crippen molar-refractivity contribution in [3.63, 3.8) is 0 Å². The summed E-state index contributed by atoms with van der Waals surface area (Å²) in [5.74, 6) is 0.677. The Hall–Kier alpha value is -4.33. The number of aromatic nitrogens is 1. The molecule has 1 aromatic heterocycles. The molecular formula is C33H28N4O2S. The topological polar surface area (TPSA) is 56.8 Å². The van der Waals surface area contributed by atoms with Crippen molar-refractivity contribution < 1.29 is 9.59 Å². The zero-order chi connectivity index (χ0) is 27.1. The van der Waals surface area contributed by atoms with Gasteiger partial charge in [-0.25, -0.2) is 0 Å². The fourth-order valence-corrected chi connectivity index (χ4v) is 6.44. The summed E-state index contributed by atoms with van der Waals surface area (Å²) in [7, 11) is 0. The minimum atomic E-state index is -0.224. The molecule has 40 heavy (non-hydrogen) atoms. The first kappa shape index (κ1) is 24.7. The number of amides is 2. The monoisotopic (exact) mass is 544 g/mol. The third-order valence-electron chi connectivity index (χ3n) is 7.90. The van der Waals surface area contributed by atoms with Crippen molar-refractivity contribution in [2.24, 2.45) is 0 Å². The van der Waals surface area contributed by atoms with E-state index in [-0.39, 0.29) is 18.4 Å². The first-order chi connectivity index (χ1) is 19.6. The van der Waals surface area contributed by atoms with Gasteiger partial charge < -0.3 is 4.90 Å². The van der Waals surface area contributed by atoms with Gasteiger partial charge in [-0.05, 0) is 58.1 Å². The smallest absolute Gasteiger partial charge is 0.261 e.